The van der Waals surface area contributed by atoms with E-state index in [1.54, 1.807) is 0 Å². The molecular formula is CH2F3NOS. The van der Waals surface area contributed by atoms with Crippen LogP contribution in [0.15, 0.2) is 0 Å². The average Bonchev–Trinajstić information content (AvgIpc) is 1.31. The molecule has 6 heteroatoms. The number of hydrogen-bond donors (Lipinski definition) is 1. The van der Waals surface area contributed by atoms with Gasteiger partial charge in [-0.25, -0.2) is 9.35 Å². The summed E-state index contributed by atoms with van der Waals surface area (Å²) in [4.78, 5) is 0. The second-order valence-corrected chi connectivity index (χ2v) is 1.80. The monoisotopic (exact) mass is 133 g/mol. The van der Waals surface area contributed by atoms with Crippen LogP contribution >= 0.6 is 0 Å². The van der Waals surface area contributed by atoms with Crippen molar-refractivity contribution in [2.45, 2.75) is 5.51 Å². The van der Waals surface area contributed by atoms with Crippen molar-refractivity contribution >= 4 is 11.0 Å². The van der Waals surface area contributed by atoms with Gasteiger partial charge in [-0.1, -0.05) is 0 Å². The van der Waals surface area contributed by atoms with Crippen molar-refractivity contribution in [3.8, 4) is 0 Å². The highest BCUT2D eigenvalue weighted by Gasteiger charge is 2.34. The maximum absolute atomic E-state index is 10.8. The van der Waals surface area contributed by atoms with E-state index in [2.05, 4.69) is 5.14 Å². The fourth-order valence-corrected chi connectivity index (χ4v) is 0. The minimum atomic E-state index is -4.75. The quantitative estimate of drug-likeness (QED) is 0.501. The van der Waals surface area contributed by atoms with Crippen LogP contribution in [0.4, 0.5) is 13.2 Å². The fraction of sp³-hybridized carbons (Fsp3) is 1.00. The van der Waals surface area contributed by atoms with Crippen molar-refractivity contribution < 1.29 is 17.4 Å². The third-order valence-electron chi connectivity index (χ3n) is 0.228. The first-order chi connectivity index (χ1) is 2.94. The summed E-state index contributed by atoms with van der Waals surface area (Å²) in [5, 5.41) is 3.92. The van der Waals surface area contributed by atoms with Crippen LogP contribution in [0.2, 0.25) is 0 Å². The van der Waals surface area contributed by atoms with E-state index in [0.29, 0.717) is 0 Å². The zero-order valence-corrected chi connectivity index (χ0v) is 3.84. The average molecular weight is 133 g/mol. The molecule has 0 heterocycles. The molecule has 1 atom stereocenters. The minimum Gasteiger partial charge on any atom is -0.244 e. The highest BCUT2D eigenvalue weighted by molar-refractivity contribution is 7.83. The molecule has 0 aromatic carbocycles. The van der Waals surface area contributed by atoms with Crippen molar-refractivity contribution in [1.29, 1.82) is 0 Å². The van der Waals surface area contributed by atoms with Gasteiger partial charge in [0.05, 0.1) is 0 Å². The summed E-state index contributed by atoms with van der Waals surface area (Å²) in [6, 6.07) is 0. The lowest BCUT2D eigenvalue weighted by Crippen LogP contribution is -2.22. The van der Waals surface area contributed by atoms with Gasteiger partial charge in [0.25, 0.3) is 0 Å². The van der Waals surface area contributed by atoms with Crippen LogP contribution in [0.3, 0.4) is 0 Å². The maximum atomic E-state index is 10.8. The van der Waals surface area contributed by atoms with E-state index in [1.165, 1.54) is 0 Å². The molecule has 0 saturated carbocycles. The van der Waals surface area contributed by atoms with Gasteiger partial charge in [0.2, 0.25) is 0 Å². The van der Waals surface area contributed by atoms with Gasteiger partial charge in [-0.05, 0) is 0 Å². The van der Waals surface area contributed by atoms with Crippen molar-refractivity contribution in [3.05, 3.63) is 0 Å². The lowest BCUT2D eigenvalue weighted by molar-refractivity contribution is -0.0384. The zero-order chi connectivity index (χ0) is 6.08. The second-order valence-electron chi connectivity index (χ2n) is 0.743. The first-order valence-corrected chi connectivity index (χ1v) is 2.39. The number of rotatable bonds is 0. The Morgan fingerprint density at radius 3 is 1.57 bits per heavy atom. The van der Waals surface area contributed by atoms with E-state index < -0.39 is 16.5 Å². The molecule has 7 heavy (non-hydrogen) atoms. The molecule has 0 saturated heterocycles. The Morgan fingerprint density at radius 1 is 1.43 bits per heavy atom. The van der Waals surface area contributed by atoms with Crippen LogP contribution in [0.5, 0.6) is 0 Å². The highest BCUT2D eigenvalue weighted by Crippen LogP contribution is 2.15. The molecule has 0 aromatic heterocycles. The number of hydrogen-bond acceptors (Lipinski definition) is 1. The maximum Gasteiger partial charge on any atom is 0.485 e. The van der Waals surface area contributed by atoms with Crippen LogP contribution in [-0.4, -0.2) is 9.72 Å². The van der Waals surface area contributed by atoms with Gasteiger partial charge in [-0.15, -0.1) is 0 Å². The Labute approximate surface area is 40.1 Å². The van der Waals surface area contributed by atoms with Crippen LogP contribution in [0, 0.1) is 0 Å². The van der Waals surface area contributed by atoms with E-state index >= 15 is 0 Å². The molecule has 44 valence electrons. The molecule has 0 rings (SSSR count). The van der Waals surface area contributed by atoms with Gasteiger partial charge in [-0.3, -0.25) is 0 Å². The van der Waals surface area contributed by atoms with Gasteiger partial charge < -0.3 is 0 Å². The lowest BCUT2D eigenvalue weighted by Gasteiger charge is -1.96. The Kier molecular flexibility index (Phi) is 1.76. The molecule has 0 aliphatic rings. The van der Waals surface area contributed by atoms with E-state index in [4.69, 9.17) is 0 Å². The first-order valence-electron chi connectivity index (χ1n) is 1.17. The molecule has 0 radical (unpaired) electrons. The molecular weight excluding hydrogens is 131 g/mol. The Hall–Kier alpha value is -0.100. The third kappa shape index (κ3) is 2.58. The second kappa shape index (κ2) is 1.79. The van der Waals surface area contributed by atoms with E-state index in [9.17, 15) is 17.4 Å². The minimum absolute atomic E-state index is 3.18. The summed E-state index contributed by atoms with van der Waals surface area (Å²) in [6.07, 6.45) is 0. The van der Waals surface area contributed by atoms with Crippen molar-refractivity contribution in [2.24, 2.45) is 5.14 Å². The molecule has 0 unspecified atom stereocenters. The third-order valence-corrected chi connectivity index (χ3v) is 0.684. The largest absolute Gasteiger partial charge is 0.485 e. The van der Waals surface area contributed by atoms with Crippen LogP contribution in [0.25, 0.3) is 0 Å². The van der Waals surface area contributed by atoms with Crippen LogP contribution in [-0.2, 0) is 11.0 Å². The van der Waals surface area contributed by atoms with Gasteiger partial charge in [0.15, 0.2) is 11.0 Å². The molecule has 0 aliphatic heterocycles. The van der Waals surface area contributed by atoms with Crippen molar-refractivity contribution in [1.82, 2.24) is 0 Å². The van der Waals surface area contributed by atoms with Gasteiger partial charge in [0.1, 0.15) is 0 Å². The molecule has 0 fully saturated rings. The summed E-state index contributed by atoms with van der Waals surface area (Å²) in [5.41, 5.74) is -4.75. The van der Waals surface area contributed by atoms with Crippen molar-refractivity contribution in [3.63, 3.8) is 0 Å². The summed E-state index contributed by atoms with van der Waals surface area (Å²) in [6.45, 7) is 0. The highest BCUT2D eigenvalue weighted by atomic mass is 32.2. The van der Waals surface area contributed by atoms with Crippen LogP contribution < -0.4 is 5.14 Å². The fourth-order valence-electron chi connectivity index (χ4n) is 0. The molecule has 2 nitrogen and oxygen atoms in total. The summed E-state index contributed by atoms with van der Waals surface area (Å²) in [5.74, 6) is 0. The normalized spacial score (nSPS) is 16.6. The summed E-state index contributed by atoms with van der Waals surface area (Å²) >= 11 is 0. The number of alkyl halides is 3. The predicted octanol–water partition coefficient (Wildman–Crippen LogP) is 0.129. The van der Waals surface area contributed by atoms with Crippen LogP contribution in [0.1, 0.15) is 0 Å². The smallest absolute Gasteiger partial charge is 0.244 e. The van der Waals surface area contributed by atoms with Crippen molar-refractivity contribution in [2.75, 3.05) is 0 Å². The molecule has 0 aliphatic carbocycles. The summed E-state index contributed by atoms with van der Waals surface area (Å²) < 4.78 is 41.5. The Morgan fingerprint density at radius 2 is 1.57 bits per heavy atom. The molecule has 0 bridgehead atoms. The molecule has 2 N–H and O–H groups in total. The van der Waals surface area contributed by atoms with E-state index in [-0.39, 0.29) is 0 Å². The first kappa shape index (κ1) is 6.90. The predicted molar refractivity (Wildman–Crippen MR) is 18.4 cm³/mol. The van der Waals surface area contributed by atoms with Gasteiger partial charge in [0, 0.05) is 0 Å². The Balaban J connectivity index is 3.79. The number of halogens is 3. The summed E-state index contributed by atoms with van der Waals surface area (Å²) in [7, 11) is -3.18. The topological polar surface area (TPSA) is 43.1 Å². The molecule has 0 aromatic rings. The van der Waals surface area contributed by atoms with Gasteiger partial charge >= 0.3 is 5.51 Å². The number of nitrogens with two attached hydrogens (primary N) is 1. The Bertz CT molecular complexity index is 87.4. The molecule has 0 spiro atoms. The van der Waals surface area contributed by atoms with E-state index in [1.807, 2.05) is 0 Å². The molecule has 0 amide bonds. The standard InChI is InChI=1S/CH2F3NOS/c2-1(3,4)7(5)6/h5H2/t7-/m1/s1. The van der Waals surface area contributed by atoms with Gasteiger partial charge in [-0.2, -0.15) is 13.2 Å². The SMILES string of the molecule is N[S@](=O)C(F)(F)F. The van der Waals surface area contributed by atoms with E-state index in [0.717, 1.165) is 0 Å². The lowest BCUT2D eigenvalue weighted by atomic mass is 11.6. The zero-order valence-electron chi connectivity index (χ0n) is 3.03.